The zero-order chi connectivity index (χ0) is 101. The number of aromatic hydroxyl groups is 1. The van der Waals surface area contributed by atoms with E-state index in [1.165, 1.54) is 52.7 Å². The number of hydrogen-bond acceptors (Lipinski definition) is 24. The molecule has 9 rings (SSSR count). The molecule has 6 heterocycles. The van der Waals surface area contributed by atoms with Crippen LogP contribution in [0.5, 0.6) is 5.75 Å². The Kier molecular flexibility index (Phi) is 41.3. The molecule has 16 amide bonds. The van der Waals surface area contributed by atoms with Crippen molar-refractivity contribution < 1.29 is 107 Å². The van der Waals surface area contributed by atoms with Gasteiger partial charge in [-0.2, -0.15) is 0 Å². The number of rotatable bonds is 30. The Morgan fingerprint density at radius 3 is 1.65 bits per heavy atom. The second-order valence-electron chi connectivity index (χ2n) is 35.1. The topological polar surface area (TPSA) is 663 Å². The average molecular weight is 1940 g/mol. The van der Waals surface area contributed by atoms with Crippen LogP contribution in [-0.4, -0.2) is 327 Å². The number of carboxylic acid groups (broad SMARTS) is 2. The first-order valence-corrected chi connectivity index (χ1v) is 47.7. The van der Waals surface area contributed by atoms with Crippen molar-refractivity contribution >= 4 is 140 Å². The highest BCUT2D eigenvalue weighted by molar-refractivity contribution is 8.00. The monoisotopic (exact) mass is 1940 g/mol. The standard InChI is InChI=1S/C93H130N22O22S/c1-7-9-25-72-86(130)104-64(34-35-78(120)121)83(127)110-71(81(125)100-47-76(96)118)49-138-50-77(119)102-66(33-30-53-28-31-57(116)32-29-53)89(133)111(4)52(3)80(124)108-70(43-79(122)123)92(136)114-38-18-27-73(114)87(131)107-68(41-56-46-97-51-101-56)85(129)105-65(24-17-37-95)91(135)115-48-58(117)42-75(115)88(132)106-67(39-54-44-98-61-21-13-11-19-59(54)61)84(128)103-63(23-15-16-36-94)82(126)109-69(40-55-45-99-62-22-14-12-20-60(55)62)90(134)113(6)74(26-10-8-2)93(137)112(72)5/h11-14,19-22,28-29,31-32,44-46,51-52,58,63-75,98-99,116-117H,7-10,15-18,23-27,30,33-43,47-50,94-95H2,1-6H3,(H2,96,118)(H,97,101)(H,100,125)(H,102,119)(H,103,128)(H,104,130)(H,105,129)(H,106,132)(H,107,131)(H,108,124)(H,109,126)(H,110,127)(H,120,121)(H,122,123)/t52-,58+,63-,64-,65-,66-,67-,68-,69-,70-,71-,72-,73-,74-,75-/m0/s1. The second kappa shape index (κ2) is 52.7. The van der Waals surface area contributed by atoms with E-state index in [1.807, 2.05) is 6.92 Å². The highest BCUT2D eigenvalue weighted by Gasteiger charge is 2.47. The number of unbranched alkanes of at least 4 members (excludes halogenated alkanes) is 3. The zero-order valence-corrected chi connectivity index (χ0v) is 79.2. The van der Waals surface area contributed by atoms with Crippen molar-refractivity contribution in [1.29, 1.82) is 0 Å². The van der Waals surface area contributed by atoms with E-state index in [-0.39, 0.29) is 121 Å². The number of nitrogens with one attached hydrogen (secondary N) is 13. The number of H-pyrrole nitrogens is 3. The fraction of sp³-hybridized carbons (Fsp3) is 0.538. The molecule has 138 heavy (non-hydrogen) atoms. The highest BCUT2D eigenvalue weighted by Crippen LogP contribution is 2.28. The minimum atomic E-state index is -1.92. The van der Waals surface area contributed by atoms with Gasteiger partial charge in [-0.1, -0.05) is 88.1 Å². The summed E-state index contributed by atoms with van der Waals surface area (Å²) < 4.78 is 0. The molecule has 0 aliphatic carbocycles. The Bertz CT molecular complexity index is 5270. The first-order valence-electron chi connectivity index (χ1n) is 46.6. The SMILES string of the molecule is CCCC[C@H]1C(=O)N(C)[C@@H](CCCC)C(=O)N[C@@H](CCC(=O)O)C(=O)N[C@H](C(=O)NCC(N)=O)CSCC(=O)N[C@@H](CCc2ccc(O)cc2)C(=O)N(C)[C@@H](C)C(=O)N[C@@H](CC(=O)O)C(=O)N2CCC[C@H]2C(=O)N[C@@H](Cc2c[nH]cn2)C(=O)N[C@@H](CCCN)C(=O)N2C[C@H](O)C[C@H]2C(=O)N[C@@H](Cc2c[nH]c3ccccc23)C(=O)N[C@@H](CCCCN)C(=O)N[C@@H](Cc2c[nH]c3ccccc23)C(=O)N1C. The minimum absolute atomic E-state index is 0.0207. The van der Waals surface area contributed by atoms with Crippen LogP contribution in [-0.2, 0) is 112 Å². The molecule has 3 aromatic heterocycles. The van der Waals surface area contributed by atoms with Crippen LogP contribution in [0.25, 0.3) is 21.8 Å². The number of carbonyl (C=O) groups excluding carboxylic acids is 16. The van der Waals surface area contributed by atoms with E-state index in [1.54, 1.807) is 80.0 Å². The van der Waals surface area contributed by atoms with Gasteiger partial charge in [0.2, 0.25) is 94.5 Å². The van der Waals surface area contributed by atoms with Crippen LogP contribution in [0, 0.1) is 0 Å². The number of nitrogens with zero attached hydrogens (tertiary/aromatic N) is 6. The van der Waals surface area contributed by atoms with Gasteiger partial charge in [0.15, 0.2) is 0 Å². The number of aliphatic hydroxyl groups is 1. The van der Waals surface area contributed by atoms with E-state index in [4.69, 9.17) is 17.2 Å². The Labute approximate surface area is 801 Å². The van der Waals surface area contributed by atoms with Gasteiger partial charge in [0.25, 0.3) is 0 Å². The summed E-state index contributed by atoms with van der Waals surface area (Å²) in [6.45, 7) is 3.59. The number of phenolic OH excluding ortho intramolecular Hbond substituents is 1. The van der Waals surface area contributed by atoms with E-state index < -0.39 is 247 Å². The number of carboxylic acids is 2. The number of thioether (sulfide) groups is 1. The lowest BCUT2D eigenvalue weighted by molar-refractivity contribution is -0.149. The molecule has 3 saturated heterocycles. The summed E-state index contributed by atoms with van der Waals surface area (Å²) in [4.78, 5) is 282. The van der Waals surface area contributed by atoms with Gasteiger partial charge in [-0.15, -0.1) is 11.8 Å². The smallest absolute Gasteiger partial charge is 0.305 e. The molecule has 0 radical (unpaired) electrons. The quantitative estimate of drug-likeness (QED) is 0.0228. The van der Waals surface area contributed by atoms with Gasteiger partial charge in [-0.25, -0.2) is 4.98 Å². The average Bonchev–Trinajstić information content (AvgIpc) is 1.59. The molecule has 15 atom stereocenters. The maximum atomic E-state index is 15.9. The van der Waals surface area contributed by atoms with Crippen LogP contribution < -0.4 is 70.4 Å². The summed E-state index contributed by atoms with van der Waals surface area (Å²) in [5.74, 6) is -19.5. The number of nitrogens with two attached hydrogens (primary N) is 3. The van der Waals surface area contributed by atoms with Crippen LogP contribution in [0.4, 0.5) is 0 Å². The van der Waals surface area contributed by atoms with Crippen molar-refractivity contribution in [3.05, 3.63) is 120 Å². The number of hydrogen-bond donors (Lipinski definition) is 20. The summed E-state index contributed by atoms with van der Waals surface area (Å²) in [5, 5.41) is 69.7. The maximum Gasteiger partial charge on any atom is 0.305 e. The molecule has 3 aromatic carbocycles. The number of aromatic nitrogens is 4. The normalized spacial score (nSPS) is 24.5. The van der Waals surface area contributed by atoms with E-state index in [0.717, 1.165) is 24.5 Å². The van der Waals surface area contributed by atoms with Crippen molar-refractivity contribution in [2.45, 2.75) is 253 Å². The molecule has 3 fully saturated rings. The van der Waals surface area contributed by atoms with E-state index in [9.17, 15) is 68.4 Å². The molecule has 0 bridgehead atoms. The number of aromatic amines is 3. The van der Waals surface area contributed by atoms with Crippen molar-refractivity contribution in [2.24, 2.45) is 17.2 Å². The number of amides is 16. The number of imidazole rings is 1. The first kappa shape index (κ1) is 108. The third-order valence-corrected chi connectivity index (χ3v) is 26.0. The number of aliphatic carboxylic acids is 2. The van der Waals surface area contributed by atoms with Crippen molar-refractivity contribution in [3.8, 4) is 5.75 Å². The van der Waals surface area contributed by atoms with Gasteiger partial charge in [-0.3, -0.25) is 86.3 Å². The molecule has 0 unspecified atom stereocenters. The maximum absolute atomic E-state index is 15.9. The second-order valence-corrected chi connectivity index (χ2v) is 36.1. The Morgan fingerprint density at radius 1 is 0.514 bits per heavy atom. The first-order chi connectivity index (χ1) is 65.9. The Hall–Kier alpha value is -13.6. The summed E-state index contributed by atoms with van der Waals surface area (Å²) in [7, 11) is 3.86. The largest absolute Gasteiger partial charge is 0.508 e. The molecule has 0 spiro atoms. The predicted octanol–water partition coefficient (Wildman–Crippen LogP) is -1.51. The molecule has 23 N–H and O–H groups in total. The van der Waals surface area contributed by atoms with Crippen LogP contribution in [0.3, 0.4) is 0 Å². The molecule has 6 aromatic rings. The summed E-state index contributed by atoms with van der Waals surface area (Å²) in [6.07, 6.45) is 2.69. The number of aliphatic hydroxyl groups excluding tert-OH is 1. The number of carbonyl (C=O) groups is 18. The van der Waals surface area contributed by atoms with Crippen LogP contribution >= 0.6 is 11.8 Å². The molecule has 45 heteroatoms. The molecule has 3 aliphatic heterocycles. The number of aryl methyl sites for hydroxylation is 1. The summed E-state index contributed by atoms with van der Waals surface area (Å²) in [5.41, 5.74) is 20.7. The molecule has 44 nitrogen and oxygen atoms in total. The number of fused-ring (bicyclic) bond motifs is 4. The van der Waals surface area contributed by atoms with Gasteiger partial charge in [0.1, 0.15) is 90.3 Å². The van der Waals surface area contributed by atoms with Crippen molar-refractivity contribution in [2.75, 3.05) is 65.4 Å². The molecular weight excluding hydrogens is 1810 g/mol. The molecule has 3 aliphatic rings. The number of phenols is 1. The third kappa shape index (κ3) is 30.5. The van der Waals surface area contributed by atoms with E-state index in [2.05, 4.69) is 73.1 Å². The number of likely N-dealkylation sites (N-methyl/N-ethyl adjacent to an activating group) is 3. The number of primary amides is 1. The van der Waals surface area contributed by atoms with Crippen LogP contribution in [0.15, 0.2) is 97.7 Å². The van der Waals surface area contributed by atoms with E-state index in [0.29, 0.717) is 75.9 Å². The van der Waals surface area contributed by atoms with Gasteiger partial charge in [-0.05, 0) is 138 Å². The van der Waals surface area contributed by atoms with Crippen LogP contribution in [0.1, 0.15) is 159 Å². The van der Waals surface area contributed by atoms with Gasteiger partial charge in [0, 0.05) is 112 Å². The fourth-order valence-electron chi connectivity index (χ4n) is 17.1. The lowest BCUT2D eigenvalue weighted by Crippen LogP contribution is -2.61. The number of para-hydroxylation sites is 2. The Balaban J connectivity index is 1.11. The fourth-order valence-corrected chi connectivity index (χ4v) is 18.0. The van der Waals surface area contributed by atoms with Crippen LogP contribution in [0.2, 0.25) is 0 Å². The third-order valence-electron chi connectivity index (χ3n) is 25.0. The van der Waals surface area contributed by atoms with Crippen molar-refractivity contribution in [3.63, 3.8) is 0 Å². The van der Waals surface area contributed by atoms with E-state index >= 15 is 38.4 Å². The Morgan fingerprint density at radius 2 is 1.04 bits per heavy atom. The van der Waals surface area contributed by atoms with Gasteiger partial charge >= 0.3 is 11.9 Å². The lowest BCUT2D eigenvalue weighted by Gasteiger charge is -2.36. The summed E-state index contributed by atoms with van der Waals surface area (Å²) in [6, 6.07) is -2.06. The predicted molar refractivity (Wildman–Crippen MR) is 505 cm³/mol. The van der Waals surface area contributed by atoms with Gasteiger partial charge in [0.05, 0.1) is 36.8 Å². The minimum Gasteiger partial charge on any atom is -0.508 e. The number of benzene rings is 3. The van der Waals surface area contributed by atoms with Gasteiger partial charge < -0.3 is 130 Å². The summed E-state index contributed by atoms with van der Waals surface area (Å²) >= 11 is 0.715. The highest BCUT2D eigenvalue weighted by atomic mass is 32.2. The van der Waals surface area contributed by atoms with Crippen molar-refractivity contribution in [1.82, 2.24) is 97.6 Å². The molecule has 0 saturated carbocycles. The zero-order valence-electron chi connectivity index (χ0n) is 78.4. The lowest BCUT2D eigenvalue weighted by atomic mass is 9.99. The molecular formula is C93H130N22O22S. The molecule has 750 valence electrons.